The van der Waals surface area contributed by atoms with E-state index in [1.54, 1.807) is 6.20 Å². The first kappa shape index (κ1) is 17.4. The molecule has 2 aromatic rings. The van der Waals surface area contributed by atoms with E-state index in [1.807, 2.05) is 32.9 Å². The van der Waals surface area contributed by atoms with Crippen molar-refractivity contribution >= 4 is 17.5 Å². The number of nitrogens with one attached hydrogen (secondary N) is 1. The number of rotatable bonds is 3. The third-order valence-electron chi connectivity index (χ3n) is 4.63. The van der Waals surface area contributed by atoms with Crippen LogP contribution in [-0.2, 0) is 0 Å². The van der Waals surface area contributed by atoms with Gasteiger partial charge in [0.1, 0.15) is 0 Å². The minimum absolute atomic E-state index is 0.172. The largest absolute Gasteiger partial charge is 0.338 e. The molecular weight excluding hydrogens is 314 g/mol. The number of piperazine rings is 1. The van der Waals surface area contributed by atoms with Crippen molar-refractivity contribution in [3.8, 4) is 0 Å². The standard InChI is InChI=1S/C19H25N5O/c1-13-5-6-17(14(2)11-13)22-18(25)16-12-20-19(21-15(16)3)24-9-7-23(4)8-10-24/h5-6,11-12H,7-10H2,1-4H3,(H,22,25). The lowest BCUT2D eigenvalue weighted by molar-refractivity contribution is 0.102. The van der Waals surface area contributed by atoms with Crippen LogP contribution >= 0.6 is 0 Å². The summed E-state index contributed by atoms with van der Waals surface area (Å²) in [5.41, 5.74) is 4.25. The molecule has 1 N–H and O–H groups in total. The second-order valence-electron chi connectivity index (χ2n) is 6.73. The smallest absolute Gasteiger partial charge is 0.259 e. The number of benzene rings is 1. The second kappa shape index (κ2) is 7.19. The van der Waals surface area contributed by atoms with Crippen molar-refractivity contribution in [3.05, 3.63) is 46.8 Å². The molecule has 132 valence electrons. The molecule has 1 aliphatic heterocycles. The zero-order valence-electron chi connectivity index (χ0n) is 15.3. The molecule has 0 spiro atoms. The fraction of sp³-hybridized carbons (Fsp3) is 0.421. The monoisotopic (exact) mass is 339 g/mol. The molecule has 0 bridgehead atoms. The predicted octanol–water partition coefficient (Wildman–Crippen LogP) is 2.41. The molecule has 6 nitrogen and oxygen atoms in total. The number of likely N-dealkylation sites (N-methyl/N-ethyl adjacent to an activating group) is 1. The van der Waals surface area contributed by atoms with E-state index in [1.165, 1.54) is 5.56 Å². The summed E-state index contributed by atoms with van der Waals surface area (Å²) < 4.78 is 0. The van der Waals surface area contributed by atoms with Crippen molar-refractivity contribution in [2.45, 2.75) is 20.8 Å². The molecule has 0 unspecified atom stereocenters. The Balaban J connectivity index is 1.75. The van der Waals surface area contributed by atoms with Crippen molar-refractivity contribution in [2.75, 3.05) is 43.4 Å². The molecule has 1 fully saturated rings. The van der Waals surface area contributed by atoms with Gasteiger partial charge in [0.15, 0.2) is 0 Å². The molecule has 1 amide bonds. The zero-order chi connectivity index (χ0) is 18.0. The number of aryl methyl sites for hydroxylation is 3. The maximum absolute atomic E-state index is 12.6. The lowest BCUT2D eigenvalue weighted by atomic mass is 10.1. The van der Waals surface area contributed by atoms with E-state index in [4.69, 9.17) is 0 Å². The minimum Gasteiger partial charge on any atom is -0.338 e. The van der Waals surface area contributed by atoms with Crippen LogP contribution in [0.15, 0.2) is 24.4 Å². The summed E-state index contributed by atoms with van der Waals surface area (Å²) in [5, 5.41) is 2.96. The lowest BCUT2D eigenvalue weighted by Crippen LogP contribution is -2.45. The SMILES string of the molecule is Cc1ccc(NC(=O)c2cnc(N3CCN(C)CC3)nc2C)c(C)c1. The number of carbonyl (C=O) groups is 1. The second-order valence-corrected chi connectivity index (χ2v) is 6.73. The highest BCUT2D eigenvalue weighted by atomic mass is 16.1. The number of carbonyl (C=O) groups excluding carboxylic acids is 1. The fourth-order valence-corrected chi connectivity index (χ4v) is 2.98. The summed E-state index contributed by atoms with van der Waals surface area (Å²) in [4.78, 5) is 26.0. The Labute approximate surface area is 148 Å². The Bertz CT molecular complexity index is 781. The Hall–Kier alpha value is -2.47. The van der Waals surface area contributed by atoms with Gasteiger partial charge in [0, 0.05) is 38.1 Å². The van der Waals surface area contributed by atoms with Gasteiger partial charge in [0.2, 0.25) is 5.95 Å². The molecule has 0 atom stereocenters. The third kappa shape index (κ3) is 3.96. The molecule has 0 radical (unpaired) electrons. The Morgan fingerprint density at radius 1 is 1.12 bits per heavy atom. The number of amides is 1. The normalized spacial score (nSPS) is 15.3. The molecule has 25 heavy (non-hydrogen) atoms. The van der Waals surface area contributed by atoms with Gasteiger partial charge in [0.05, 0.1) is 11.3 Å². The number of aromatic nitrogens is 2. The predicted molar refractivity (Wildman–Crippen MR) is 100 cm³/mol. The van der Waals surface area contributed by atoms with Crippen LogP contribution in [0.1, 0.15) is 27.2 Å². The highest BCUT2D eigenvalue weighted by Gasteiger charge is 2.19. The summed E-state index contributed by atoms with van der Waals surface area (Å²) in [6, 6.07) is 5.97. The molecule has 1 aromatic carbocycles. The maximum atomic E-state index is 12.6. The van der Waals surface area contributed by atoms with Crippen LogP contribution in [-0.4, -0.2) is 54.0 Å². The van der Waals surface area contributed by atoms with Gasteiger partial charge in [-0.1, -0.05) is 17.7 Å². The average molecular weight is 339 g/mol. The first-order valence-electron chi connectivity index (χ1n) is 8.60. The van der Waals surface area contributed by atoms with Crippen LogP contribution in [0.5, 0.6) is 0 Å². The highest BCUT2D eigenvalue weighted by Crippen LogP contribution is 2.19. The average Bonchev–Trinajstić information content (AvgIpc) is 2.58. The van der Waals surface area contributed by atoms with Crippen LogP contribution in [0.25, 0.3) is 0 Å². The first-order chi connectivity index (χ1) is 11.9. The van der Waals surface area contributed by atoms with Crippen molar-refractivity contribution in [2.24, 2.45) is 0 Å². The van der Waals surface area contributed by atoms with Crippen LogP contribution in [0.4, 0.5) is 11.6 Å². The van der Waals surface area contributed by atoms with Crippen LogP contribution in [0.2, 0.25) is 0 Å². The van der Waals surface area contributed by atoms with Gasteiger partial charge in [-0.15, -0.1) is 0 Å². The van der Waals surface area contributed by atoms with Crippen LogP contribution in [0, 0.1) is 20.8 Å². The Kier molecular flexibility index (Phi) is 4.99. The molecule has 1 aliphatic rings. The Morgan fingerprint density at radius 3 is 2.48 bits per heavy atom. The summed E-state index contributed by atoms with van der Waals surface area (Å²) in [6.45, 7) is 9.69. The van der Waals surface area contributed by atoms with E-state index in [0.717, 1.165) is 37.4 Å². The molecule has 3 rings (SSSR count). The van der Waals surface area contributed by atoms with Gasteiger partial charge >= 0.3 is 0 Å². The first-order valence-corrected chi connectivity index (χ1v) is 8.60. The maximum Gasteiger partial charge on any atom is 0.259 e. The zero-order valence-corrected chi connectivity index (χ0v) is 15.3. The van der Waals surface area contributed by atoms with Crippen LogP contribution in [0.3, 0.4) is 0 Å². The molecule has 2 heterocycles. The van der Waals surface area contributed by atoms with E-state index >= 15 is 0 Å². The van der Waals surface area contributed by atoms with Gasteiger partial charge in [-0.05, 0) is 39.4 Å². The van der Waals surface area contributed by atoms with E-state index in [0.29, 0.717) is 17.2 Å². The van der Waals surface area contributed by atoms with Crippen LogP contribution < -0.4 is 10.2 Å². The number of nitrogens with zero attached hydrogens (tertiary/aromatic N) is 4. The van der Waals surface area contributed by atoms with Gasteiger partial charge in [-0.25, -0.2) is 9.97 Å². The summed E-state index contributed by atoms with van der Waals surface area (Å²) in [5.74, 6) is 0.531. The van der Waals surface area contributed by atoms with Crippen molar-refractivity contribution in [1.82, 2.24) is 14.9 Å². The molecule has 6 heteroatoms. The molecule has 1 saturated heterocycles. The summed E-state index contributed by atoms with van der Waals surface area (Å²) in [7, 11) is 2.12. The van der Waals surface area contributed by atoms with Gasteiger partial charge in [0.25, 0.3) is 5.91 Å². The summed E-state index contributed by atoms with van der Waals surface area (Å²) in [6.07, 6.45) is 1.63. The number of hydrogen-bond acceptors (Lipinski definition) is 5. The van der Waals surface area contributed by atoms with E-state index < -0.39 is 0 Å². The van der Waals surface area contributed by atoms with E-state index in [2.05, 4.69) is 38.2 Å². The van der Waals surface area contributed by atoms with E-state index in [9.17, 15) is 4.79 Å². The molecular formula is C19H25N5O. The molecule has 1 aromatic heterocycles. The minimum atomic E-state index is -0.172. The highest BCUT2D eigenvalue weighted by molar-refractivity contribution is 6.05. The van der Waals surface area contributed by atoms with E-state index in [-0.39, 0.29) is 5.91 Å². The number of hydrogen-bond donors (Lipinski definition) is 1. The number of anilines is 2. The summed E-state index contributed by atoms with van der Waals surface area (Å²) >= 11 is 0. The lowest BCUT2D eigenvalue weighted by Gasteiger charge is -2.32. The van der Waals surface area contributed by atoms with Crippen molar-refractivity contribution in [3.63, 3.8) is 0 Å². The quantitative estimate of drug-likeness (QED) is 0.930. The van der Waals surface area contributed by atoms with Gasteiger partial charge < -0.3 is 15.1 Å². The topological polar surface area (TPSA) is 61.4 Å². The molecule has 0 aliphatic carbocycles. The Morgan fingerprint density at radius 2 is 1.84 bits per heavy atom. The van der Waals surface area contributed by atoms with Crippen molar-refractivity contribution in [1.29, 1.82) is 0 Å². The molecule has 0 saturated carbocycles. The van der Waals surface area contributed by atoms with Crippen molar-refractivity contribution < 1.29 is 4.79 Å². The fourth-order valence-electron chi connectivity index (χ4n) is 2.98. The third-order valence-corrected chi connectivity index (χ3v) is 4.63. The van der Waals surface area contributed by atoms with Gasteiger partial charge in [-0.3, -0.25) is 4.79 Å². The van der Waals surface area contributed by atoms with Gasteiger partial charge in [-0.2, -0.15) is 0 Å².